The number of carbonyl (C=O) groups is 1. The van der Waals surface area contributed by atoms with Gasteiger partial charge in [0.25, 0.3) is 0 Å². The van der Waals surface area contributed by atoms with Crippen LogP contribution < -0.4 is 0 Å². The minimum absolute atomic E-state index is 0.0191. The highest BCUT2D eigenvalue weighted by atomic mass is 16.7. The molecule has 14 heavy (non-hydrogen) atoms. The molecule has 0 spiro atoms. The van der Waals surface area contributed by atoms with Gasteiger partial charge in [0.2, 0.25) is 0 Å². The summed E-state index contributed by atoms with van der Waals surface area (Å²) in [5, 5.41) is 0. The fraction of sp³-hybridized carbons (Fsp3) is 0.909. The molecule has 82 valence electrons. The van der Waals surface area contributed by atoms with Gasteiger partial charge >= 0.3 is 5.97 Å². The molecule has 0 aliphatic carbocycles. The van der Waals surface area contributed by atoms with Crippen LogP contribution in [0.1, 0.15) is 46.5 Å². The van der Waals surface area contributed by atoms with Crippen LogP contribution in [0.15, 0.2) is 0 Å². The van der Waals surface area contributed by atoms with Gasteiger partial charge < -0.3 is 9.47 Å². The topological polar surface area (TPSA) is 38.8 Å². The third kappa shape index (κ3) is 2.71. The van der Waals surface area contributed by atoms with Gasteiger partial charge in [0.1, 0.15) is 0 Å². The standard InChI is InChI=1S/C11H20O3/c1-4-5-6-7-8-13-10(12)11(3)9(2)14-11/h9H,4-8H2,1-3H3. The fourth-order valence-corrected chi connectivity index (χ4v) is 1.38. The number of hydrogen-bond acceptors (Lipinski definition) is 3. The van der Waals surface area contributed by atoms with E-state index in [1.165, 1.54) is 12.8 Å². The number of unbranched alkanes of at least 4 members (excludes halogenated alkanes) is 3. The molecule has 1 fully saturated rings. The van der Waals surface area contributed by atoms with Crippen molar-refractivity contribution in [3.8, 4) is 0 Å². The van der Waals surface area contributed by atoms with Gasteiger partial charge in [0.15, 0.2) is 5.60 Å². The smallest absolute Gasteiger partial charge is 0.340 e. The van der Waals surface area contributed by atoms with Gasteiger partial charge in [-0.15, -0.1) is 0 Å². The van der Waals surface area contributed by atoms with Gasteiger partial charge in [-0.1, -0.05) is 26.2 Å². The molecule has 3 heteroatoms. The lowest BCUT2D eigenvalue weighted by Gasteiger charge is -2.06. The molecule has 1 saturated heterocycles. The van der Waals surface area contributed by atoms with Gasteiger partial charge in [-0.3, -0.25) is 0 Å². The lowest BCUT2D eigenvalue weighted by Crippen LogP contribution is -2.25. The van der Waals surface area contributed by atoms with Crippen LogP contribution >= 0.6 is 0 Å². The van der Waals surface area contributed by atoms with Gasteiger partial charge in [-0.2, -0.15) is 0 Å². The lowest BCUT2D eigenvalue weighted by molar-refractivity contribution is -0.149. The van der Waals surface area contributed by atoms with E-state index in [9.17, 15) is 4.79 Å². The van der Waals surface area contributed by atoms with Gasteiger partial charge in [0, 0.05) is 0 Å². The quantitative estimate of drug-likeness (QED) is 0.375. The molecular weight excluding hydrogens is 180 g/mol. The molecule has 1 rings (SSSR count). The summed E-state index contributed by atoms with van der Waals surface area (Å²) in [5.41, 5.74) is -0.648. The number of esters is 1. The van der Waals surface area contributed by atoms with Crippen LogP contribution in [0.3, 0.4) is 0 Å². The third-order valence-electron chi connectivity index (χ3n) is 2.78. The Morgan fingerprint density at radius 2 is 2.07 bits per heavy atom. The largest absolute Gasteiger partial charge is 0.463 e. The van der Waals surface area contributed by atoms with E-state index in [0.717, 1.165) is 12.8 Å². The van der Waals surface area contributed by atoms with E-state index in [4.69, 9.17) is 9.47 Å². The van der Waals surface area contributed by atoms with Gasteiger partial charge in [0.05, 0.1) is 12.7 Å². The van der Waals surface area contributed by atoms with Crippen LogP contribution in [0.4, 0.5) is 0 Å². The summed E-state index contributed by atoms with van der Waals surface area (Å²) in [5.74, 6) is -0.207. The molecule has 0 N–H and O–H groups in total. The predicted octanol–water partition coefficient (Wildman–Crippen LogP) is 2.29. The zero-order valence-electron chi connectivity index (χ0n) is 9.34. The highest BCUT2D eigenvalue weighted by molar-refractivity contribution is 5.82. The minimum Gasteiger partial charge on any atom is -0.463 e. The van der Waals surface area contributed by atoms with E-state index in [2.05, 4.69) is 6.92 Å². The second-order valence-electron chi connectivity index (χ2n) is 4.06. The Morgan fingerprint density at radius 3 is 2.57 bits per heavy atom. The van der Waals surface area contributed by atoms with Crippen molar-refractivity contribution in [3.05, 3.63) is 0 Å². The number of ether oxygens (including phenoxy) is 2. The molecule has 0 aromatic rings. The SMILES string of the molecule is CCCCCCOC(=O)C1(C)OC1C. The van der Waals surface area contributed by atoms with E-state index in [1.807, 2.05) is 6.92 Å². The van der Waals surface area contributed by atoms with Crippen molar-refractivity contribution in [1.82, 2.24) is 0 Å². The first kappa shape index (κ1) is 11.5. The summed E-state index contributed by atoms with van der Waals surface area (Å²) in [6, 6.07) is 0. The van der Waals surface area contributed by atoms with Crippen LogP contribution in [0, 0.1) is 0 Å². The number of rotatable bonds is 6. The summed E-state index contributed by atoms with van der Waals surface area (Å²) in [6.45, 7) is 6.36. The average molecular weight is 200 g/mol. The Labute approximate surface area is 85.8 Å². The van der Waals surface area contributed by atoms with Crippen LogP contribution in [-0.4, -0.2) is 24.3 Å². The summed E-state index contributed by atoms with van der Waals surface area (Å²) >= 11 is 0. The Hall–Kier alpha value is -0.570. The van der Waals surface area contributed by atoms with Crippen LogP contribution in [0.5, 0.6) is 0 Å². The maximum Gasteiger partial charge on any atom is 0.340 e. The normalized spacial score (nSPS) is 30.1. The molecule has 0 radical (unpaired) electrons. The Kier molecular flexibility index (Phi) is 3.93. The summed E-state index contributed by atoms with van der Waals surface area (Å²) in [7, 11) is 0. The van der Waals surface area contributed by atoms with Crippen molar-refractivity contribution in [3.63, 3.8) is 0 Å². The molecule has 0 aromatic heterocycles. The Morgan fingerprint density at radius 1 is 1.43 bits per heavy atom. The summed E-state index contributed by atoms with van der Waals surface area (Å²) < 4.78 is 10.3. The minimum atomic E-state index is -0.648. The molecule has 1 aliphatic rings. The molecule has 0 amide bonds. The molecule has 3 nitrogen and oxygen atoms in total. The third-order valence-corrected chi connectivity index (χ3v) is 2.78. The second kappa shape index (κ2) is 4.78. The van der Waals surface area contributed by atoms with Gasteiger partial charge in [-0.25, -0.2) is 4.79 Å². The van der Waals surface area contributed by atoms with Crippen molar-refractivity contribution in [1.29, 1.82) is 0 Å². The number of carbonyl (C=O) groups excluding carboxylic acids is 1. The summed E-state index contributed by atoms with van der Waals surface area (Å²) in [6.07, 6.45) is 4.53. The molecule has 0 bridgehead atoms. The highest BCUT2D eigenvalue weighted by Gasteiger charge is 2.57. The number of epoxide rings is 1. The Balaban J connectivity index is 2.05. The van der Waals surface area contributed by atoms with E-state index in [-0.39, 0.29) is 12.1 Å². The predicted molar refractivity (Wildman–Crippen MR) is 54.1 cm³/mol. The second-order valence-corrected chi connectivity index (χ2v) is 4.06. The number of hydrogen-bond donors (Lipinski definition) is 0. The van der Waals surface area contributed by atoms with Crippen molar-refractivity contribution < 1.29 is 14.3 Å². The van der Waals surface area contributed by atoms with E-state index >= 15 is 0 Å². The van der Waals surface area contributed by atoms with Crippen molar-refractivity contribution in [2.45, 2.75) is 58.2 Å². The van der Waals surface area contributed by atoms with Crippen molar-refractivity contribution in [2.75, 3.05) is 6.61 Å². The monoisotopic (exact) mass is 200 g/mol. The first-order chi connectivity index (χ1) is 6.61. The maximum atomic E-state index is 11.4. The van der Waals surface area contributed by atoms with E-state index < -0.39 is 5.60 Å². The molecule has 0 aromatic carbocycles. The Bertz CT molecular complexity index is 203. The van der Waals surface area contributed by atoms with Crippen molar-refractivity contribution in [2.24, 2.45) is 0 Å². The van der Waals surface area contributed by atoms with Gasteiger partial charge in [-0.05, 0) is 20.3 Å². The van der Waals surface area contributed by atoms with Crippen LogP contribution in [0.25, 0.3) is 0 Å². The molecule has 0 saturated carbocycles. The fourth-order valence-electron chi connectivity index (χ4n) is 1.38. The molecule has 1 heterocycles. The zero-order chi connectivity index (χ0) is 10.6. The van der Waals surface area contributed by atoms with Crippen molar-refractivity contribution >= 4 is 5.97 Å². The van der Waals surface area contributed by atoms with Crippen LogP contribution in [0.2, 0.25) is 0 Å². The average Bonchev–Trinajstić information content (AvgIpc) is 2.76. The van der Waals surface area contributed by atoms with E-state index in [1.54, 1.807) is 6.92 Å². The maximum absolute atomic E-state index is 11.4. The zero-order valence-corrected chi connectivity index (χ0v) is 9.34. The molecule has 1 aliphatic heterocycles. The highest BCUT2D eigenvalue weighted by Crippen LogP contribution is 2.36. The van der Waals surface area contributed by atoms with Crippen LogP contribution in [-0.2, 0) is 14.3 Å². The molecule has 2 unspecified atom stereocenters. The molecule has 2 atom stereocenters. The van der Waals surface area contributed by atoms with E-state index in [0.29, 0.717) is 6.61 Å². The summed E-state index contributed by atoms with van der Waals surface area (Å²) in [4.78, 5) is 11.4. The first-order valence-corrected chi connectivity index (χ1v) is 5.46. The molecular formula is C11H20O3. The lowest BCUT2D eigenvalue weighted by atomic mass is 10.1. The first-order valence-electron chi connectivity index (χ1n) is 5.46.